The maximum atomic E-state index is 12.0. The Balaban J connectivity index is 2.09. The Kier molecular flexibility index (Phi) is 17.4. The fourth-order valence-corrected chi connectivity index (χ4v) is 5.80. The average Bonchev–Trinajstić information content (AvgIpc) is 3.04. The lowest BCUT2D eigenvalue weighted by Gasteiger charge is -2.28. The number of esters is 1. The topological polar surface area (TPSA) is 121 Å². The quantitative estimate of drug-likeness (QED) is 0.0618. The fraction of sp³-hybridized carbons (Fsp3) is 0.583. The molecule has 0 heterocycles. The third-order valence-corrected chi connectivity index (χ3v) is 8.29. The van der Waals surface area contributed by atoms with Gasteiger partial charge in [0.2, 0.25) is 0 Å². The predicted octanol–water partition coefficient (Wildman–Crippen LogP) is 9.15. The zero-order valence-corrected chi connectivity index (χ0v) is 26.9. The Morgan fingerprint density at radius 1 is 0.909 bits per heavy atom. The molecule has 3 atom stereocenters. The lowest BCUT2D eigenvalue weighted by atomic mass is 9.73. The highest BCUT2D eigenvalue weighted by molar-refractivity contribution is 6.28. The summed E-state index contributed by atoms with van der Waals surface area (Å²) in [5, 5.41) is 28.1. The Bertz CT molecular complexity index is 1180. The van der Waals surface area contributed by atoms with E-state index >= 15 is 0 Å². The predicted molar refractivity (Wildman–Crippen MR) is 173 cm³/mol. The first-order chi connectivity index (χ1) is 21.4. The number of hydrogen-bond acceptors (Lipinski definition) is 7. The van der Waals surface area contributed by atoms with E-state index in [4.69, 9.17) is 14.6 Å². The molecule has 0 aliphatic carbocycles. The minimum absolute atomic E-state index is 0.289. The Morgan fingerprint density at radius 3 is 2.14 bits per heavy atom. The molecule has 0 radical (unpaired) electrons. The Labute approximate surface area is 263 Å². The highest BCUT2D eigenvalue weighted by Crippen LogP contribution is 2.37. The molecule has 44 heavy (non-hydrogen) atoms. The monoisotopic (exact) mass is 605 g/mol. The van der Waals surface area contributed by atoms with Crippen molar-refractivity contribution < 1.29 is 24.2 Å². The van der Waals surface area contributed by atoms with Crippen molar-refractivity contribution in [2.45, 2.75) is 121 Å². The third-order valence-electron chi connectivity index (χ3n) is 8.29. The highest BCUT2D eigenvalue weighted by atomic mass is 16.6. The first-order valence-corrected chi connectivity index (χ1v) is 16.2. The lowest BCUT2D eigenvalue weighted by molar-refractivity contribution is -0.168. The van der Waals surface area contributed by atoms with Crippen LogP contribution in [0.2, 0.25) is 0 Å². The molecule has 0 aliphatic rings. The van der Waals surface area contributed by atoms with Crippen LogP contribution in [0, 0.1) is 11.3 Å². The van der Waals surface area contributed by atoms with Crippen molar-refractivity contribution in [1.29, 1.82) is 5.26 Å². The molecule has 2 aromatic carbocycles. The largest absolute Gasteiger partial charge is 0.497 e. The molecule has 1 N–H and O–H groups in total. The maximum absolute atomic E-state index is 12.0. The second-order valence-electron chi connectivity index (χ2n) is 11.6. The van der Waals surface area contributed by atoms with Gasteiger partial charge < -0.3 is 14.6 Å². The van der Waals surface area contributed by atoms with Crippen LogP contribution in [-0.2, 0) is 19.7 Å². The molecule has 0 saturated heterocycles. The molecule has 8 heteroatoms. The van der Waals surface area contributed by atoms with Crippen LogP contribution in [0.4, 0.5) is 0 Å². The van der Waals surface area contributed by atoms with E-state index in [1.807, 2.05) is 42.5 Å². The van der Waals surface area contributed by atoms with Crippen LogP contribution < -0.4 is 4.74 Å². The van der Waals surface area contributed by atoms with E-state index in [2.05, 4.69) is 23.2 Å². The van der Waals surface area contributed by atoms with E-state index in [-0.39, 0.29) is 12.5 Å². The first kappa shape index (κ1) is 36.5. The fourth-order valence-electron chi connectivity index (χ4n) is 5.80. The van der Waals surface area contributed by atoms with E-state index in [1.165, 1.54) is 51.4 Å². The molecule has 0 aromatic heterocycles. The van der Waals surface area contributed by atoms with E-state index in [9.17, 15) is 14.9 Å². The van der Waals surface area contributed by atoms with Gasteiger partial charge in [-0.1, -0.05) is 114 Å². The molecule has 0 bridgehead atoms. The van der Waals surface area contributed by atoms with Gasteiger partial charge in [0.15, 0.2) is 0 Å². The minimum atomic E-state index is -1.64. The van der Waals surface area contributed by atoms with E-state index in [0.717, 1.165) is 30.6 Å². The van der Waals surface area contributed by atoms with Gasteiger partial charge in [0.1, 0.15) is 11.9 Å². The van der Waals surface area contributed by atoms with Gasteiger partial charge in [-0.2, -0.15) is 15.5 Å². The number of unbranched alkanes of at least 4 members (excludes halogenated alkanes) is 9. The van der Waals surface area contributed by atoms with Crippen molar-refractivity contribution in [3.63, 3.8) is 0 Å². The van der Waals surface area contributed by atoms with Crippen LogP contribution in [0.3, 0.4) is 0 Å². The van der Waals surface area contributed by atoms with Crippen LogP contribution in [0.5, 0.6) is 5.75 Å². The summed E-state index contributed by atoms with van der Waals surface area (Å²) >= 11 is 0. The summed E-state index contributed by atoms with van der Waals surface area (Å²) in [6, 6.07) is 19.3. The Hall–Kier alpha value is -3.73. The van der Waals surface area contributed by atoms with E-state index in [1.54, 1.807) is 26.3 Å². The number of aliphatic carboxylic acids is 1. The van der Waals surface area contributed by atoms with E-state index < -0.39 is 23.5 Å². The second kappa shape index (κ2) is 21.1. The summed E-state index contributed by atoms with van der Waals surface area (Å²) in [6.07, 6.45) is 14.6. The van der Waals surface area contributed by atoms with Crippen LogP contribution in [0.15, 0.2) is 64.8 Å². The molecule has 2 rings (SSSR count). The molecule has 240 valence electrons. The normalized spacial score (nSPS) is 14.0. The number of carboxylic acids is 1. The molecule has 0 saturated carbocycles. The summed E-state index contributed by atoms with van der Waals surface area (Å²) in [5.74, 6) is -2.21. The van der Waals surface area contributed by atoms with E-state index in [0.29, 0.717) is 24.8 Å². The van der Waals surface area contributed by atoms with Crippen LogP contribution in [0.1, 0.15) is 120 Å². The van der Waals surface area contributed by atoms with Crippen LogP contribution in [0.25, 0.3) is 0 Å². The standard InChI is InChI=1S/C36H51N3O5/c1-4-5-6-7-8-9-10-11-12-16-24-36(28-37,30-21-17-23-32(26-30)43-3)25-18-22-31(39-38-2)27-33(44-35(42)34(40)41)29-19-14-13-15-20-29/h13-15,17,19-21,23,26,31,33H,4-12,16,18,22,24-25,27H2,1-3H3,(H,40,41). The molecular formula is C36H51N3O5. The van der Waals surface area contributed by atoms with Crippen LogP contribution in [-0.4, -0.2) is 37.2 Å². The summed E-state index contributed by atoms with van der Waals surface area (Å²) in [5.41, 5.74) is 0.987. The minimum Gasteiger partial charge on any atom is -0.497 e. The number of carbonyl (C=O) groups excluding carboxylic acids is 1. The number of rotatable bonds is 22. The van der Waals surface area contributed by atoms with Crippen molar-refractivity contribution >= 4 is 11.9 Å². The van der Waals surface area contributed by atoms with Gasteiger partial charge >= 0.3 is 11.9 Å². The van der Waals surface area contributed by atoms with Gasteiger partial charge in [-0.15, -0.1) is 0 Å². The van der Waals surface area contributed by atoms with Crippen molar-refractivity contribution in [3.8, 4) is 11.8 Å². The van der Waals surface area contributed by atoms with Crippen molar-refractivity contribution in [2.75, 3.05) is 14.2 Å². The third kappa shape index (κ3) is 12.9. The van der Waals surface area contributed by atoms with Crippen molar-refractivity contribution in [3.05, 3.63) is 65.7 Å². The summed E-state index contributed by atoms with van der Waals surface area (Å²) in [4.78, 5) is 23.2. The molecular weight excluding hydrogens is 554 g/mol. The molecule has 3 unspecified atom stereocenters. The van der Waals surface area contributed by atoms with Crippen molar-refractivity contribution in [1.82, 2.24) is 0 Å². The summed E-state index contributed by atoms with van der Waals surface area (Å²) in [7, 11) is 3.23. The van der Waals surface area contributed by atoms with Gasteiger partial charge in [0.25, 0.3) is 0 Å². The smallest absolute Gasteiger partial charge is 0.417 e. The van der Waals surface area contributed by atoms with Crippen molar-refractivity contribution in [2.24, 2.45) is 10.2 Å². The maximum Gasteiger partial charge on any atom is 0.417 e. The van der Waals surface area contributed by atoms with Gasteiger partial charge in [0, 0.05) is 13.5 Å². The van der Waals surface area contributed by atoms with Crippen LogP contribution >= 0.6 is 0 Å². The number of hydrogen-bond donors (Lipinski definition) is 1. The molecule has 0 spiro atoms. The van der Waals surface area contributed by atoms with Gasteiger partial charge in [-0.3, -0.25) is 0 Å². The molecule has 0 fully saturated rings. The number of ether oxygens (including phenoxy) is 2. The number of nitrogens with zero attached hydrogens (tertiary/aromatic N) is 3. The number of azo groups is 1. The molecule has 0 aliphatic heterocycles. The second-order valence-corrected chi connectivity index (χ2v) is 11.6. The molecule has 0 amide bonds. The summed E-state index contributed by atoms with van der Waals surface area (Å²) in [6.45, 7) is 2.24. The first-order valence-electron chi connectivity index (χ1n) is 16.2. The number of carboxylic acid groups (broad SMARTS) is 1. The summed E-state index contributed by atoms with van der Waals surface area (Å²) < 4.78 is 10.8. The van der Waals surface area contributed by atoms with Gasteiger partial charge in [0.05, 0.1) is 24.6 Å². The number of benzene rings is 2. The highest BCUT2D eigenvalue weighted by Gasteiger charge is 2.33. The number of methoxy groups -OCH3 is 1. The zero-order chi connectivity index (χ0) is 32.0. The Morgan fingerprint density at radius 2 is 1.55 bits per heavy atom. The van der Waals surface area contributed by atoms with Gasteiger partial charge in [-0.25, -0.2) is 9.59 Å². The lowest BCUT2D eigenvalue weighted by Crippen LogP contribution is -2.25. The van der Waals surface area contributed by atoms with Gasteiger partial charge in [-0.05, 0) is 48.9 Å². The molecule has 8 nitrogen and oxygen atoms in total. The SMILES string of the molecule is CCCCCCCCCCCCC(C#N)(CCCC(CC(OC(=O)C(=O)O)c1ccccc1)N=NC)c1cccc(OC)c1. The zero-order valence-electron chi connectivity index (χ0n) is 26.9. The number of nitriles is 1. The average molecular weight is 606 g/mol. The molecule has 2 aromatic rings. The number of carbonyl (C=O) groups is 2.